The zero-order chi connectivity index (χ0) is 21.7. The highest BCUT2D eigenvalue weighted by molar-refractivity contribution is 5.94. The van der Waals surface area contributed by atoms with Crippen LogP contribution < -0.4 is 4.74 Å². The van der Waals surface area contributed by atoms with Gasteiger partial charge in [0.05, 0.1) is 6.10 Å². The molecule has 1 aliphatic rings. The summed E-state index contributed by atoms with van der Waals surface area (Å²) in [5.74, 6) is 0.269. The molecule has 0 fully saturated rings. The SMILES string of the molecule is CC(C)OC(=O)C(C)(C)Oc1cccc(C2=CCN(C(=O)c3ccccc3)CC2)c1. The molecule has 0 spiro atoms. The first-order valence-electron chi connectivity index (χ1n) is 10.3. The van der Waals surface area contributed by atoms with Crippen molar-refractivity contribution in [1.82, 2.24) is 4.90 Å². The Balaban J connectivity index is 1.68. The van der Waals surface area contributed by atoms with Crippen molar-refractivity contribution < 1.29 is 19.1 Å². The molecule has 0 unspecified atom stereocenters. The number of carbonyl (C=O) groups is 2. The number of amides is 1. The largest absolute Gasteiger partial charge is 0.476 e. The molecule has 0 aromatic heterocycles. The fraction of sp³-hybridized carbons (Fsp3) is 0.360. The van der Waals surface area contributed by atoms with Crippen molar-refractivity contribution in [2.24, 2.45) is 0 Å². The van der Waals surface area contributed by atoms with Gasteiger partial charge in [-0.2, -0.15) is 0 Å². The van der Waals surface area contributed by atoms with Crippen LogP contribution in [0, 0.1) is 0 Å². The normalized spacial score (nSPS) is 14.3. The number of benzene rings is 2. The van der Waals surface area contributed by atoms with Crippen molar-refractivity contribution in [3.8, 4) is 5.75 Å². The fourth-order valence-electron chi connectivity index (χ4n) is 3.33. The van der Waals surface area contributed by atoms with Gasteiger partial charge >= 0.3 is 5.97 Å². The van der Waals surface area contributed by atoms with Gasteiger partial charge in [0.15, 0.2) is 5.60 Å². The van der Waals surface area contributed by atoms with Crippen LogP contribution in [0.4, 0.5) is 0 Å². The topological polar surface area (TPSA) is 55.8 Å². The van der Waals surface area contributed by atoms with Gasteiger partial charge in [-0.1, -0.05) is 36.4 Å². The maximum Gasteiger partial charge on any atom is 0.350 e. The summed E-state index contributed by atoms with van der Waals surface area (Å²) in [5.41, 5.74) is 1.83. The van der Waals surface area contributed by atoms with Crippen LogP contribution in [0.2, 0.25) is 0 Å². The minimum absolute atomic E-state index is 0.0494. The predicted octanol–water partition coefficient (Wildman–Crippen LogP) is 4.73. The Labute approximate surface area is 178 Å². The first kappa shape index (κ1) is 21.6. The standard InChI is InChI=1S/C25H29NO4/c1-18(2)29-24(28)25(3,4)30-22-12-8-11-21(17-22)19-13-15-26(16-14-19)23(27)20-9-6-5-7-10-20/h5-13,17-18H,14-16H2,1-4H3. The number of carbonyl (C=O) groups excluding carboxylic acids is 2. The van der Waals surface area contributed by atoms with E-state index >= 15 is 0 Å². The summed E-state index contributed by atoms with van der Waals surface area (Å²) in [5, 5.41) is 0. The molecule has 2 aromatic carbocycles. The summed E-state index contributed by atoms with van der Waals surface area (Å²) in [4.78, 5) is 26.8. The van der Waals surface area contributed by atoms with Crippen LogP contribution in [0.15, 0.2) is 60.7 Å². The number of hydrogen-bond acceptors (Lipinski definition) is 4. The molecule has 5 heteroatoms. The average molecular weight is 408 g/mol. The van der Waals surface area contributed by atoms with E-state index in [1.807, 2.05) is 73.3 Å². The highest BCUT2D eigenvalue weighted by atomic mass is 16.6. The van der Waals surface area contributed by atoms with Gasteiger partial charge in [0.25, 0.3) is 5.91 Å². The van der Waals surface area contributed by atoms with Crippen LogP contribution in [0.3, 0.4) is 0 Å². The summed E-state index contributed by atoms with van der Waals surface area (Å²) in [7, 11) is 0. The molecule has 0 saturated carbocycles. The quantitative estimate of drug-likeness (QED) is 0.650. The fourth-order valence-corrected chi connectivity index (χ4v) is 3.33. The lowest BCUT2D eigenvalue weighted by atomic mass is 9.98. The average Bonchev–Trinajstić information content (AvgIpc) is 2.73. The molecule has 0 radical (unpaired) electrons. The van der Waals surface area contributed by atoms with Crippen LogP contribution in [-0.2, 0) is 9.53 Å². The first-order valence-corrected chi connectivity index (χ1v) is 10.3. The molecule has 5 nitrogen and oxygen atoms in total. The molecule has 0 bridgehead atoms. The molecule has 3 rings (SSSR count). The number of nitrogens with zero attached hydrogens (tertiary/aromatic N) is 1. The Kier molecular flexibility index (Phi) is 6.60. The molecular weight excluding hydrogens is 378 g/mol. The van der Waals surface area contributed by atoms with Gasteiger partial charge in [0, 0.05) is 18.7 Å². The van der Waals surface area contributed by atoms with Crippen LogP contribution in [0.1, 0.15) is 50.0 Å². The molecule has 30 heavy (non-hydrogen) atoms. The summed E-state index contributed by atoms with van der Waals surface area (Å²) in [6, 6.07) is 17.1. The van der Waals surface area contributed by atoms with Gasteiger partial charge in [-0.3, -0.25) is 4.79 Å². The van der Waals surface area contributed by atoms with E-state index in [9.17, 15) is 9.59 Å². The molecule has 1 heterocycles. The van der Waals surface area contributed by atoms with Crippen LogP contribution in [0.5, 0.6) is 5.75 Å². The van der Waals surface area contributed by atoms with Gasteiger partial charge in [0.2, 0.25) is 0 Å². The van der Waals surface area contributed by atoms with Crippen molar-refractivity contribution in [3.63, 3.8) is 0 Å². The Morgan fingerprint density at radius 3 is 2.40 bits per heavy atom. The van der Waals surface area contributed by atoms with E-state index in [0.29, 0.717) is 24.4 Å². The van der Waals surface area contributed by atoms with E-state index in [4.69, 9.17) is 9.47 Å². The molecule has 0 atom stereocenters. The van der Waals surface area contributed by atoms with Crippen LogP contribution >= 0.6 is 0 Å². The maximum absolute atomic E-state index is 12.6. The van der Waals surface area contributed by atoms with Gasteiger partial charge in [-0.25, -0.2) is 4.79 Å². The second-order valence-electron chi connectivity index (χ2n) is 8.19. The van der Waals surface area contributed by atoms with Crippen LogP contribution in [-0.4, -0.2) is 41.6 Å². The van der Waals surface area contributed by atoms with Crippen molar-refractivity contribution >= 4 is 17.4 Å². The molecule has 2 aromatic rings. The molecule has 0 saturated heterocycles. The lowest BCUT2D eigenvalue weighted by Crippen LogP contribution is -2.40. The molecule has 158 valence electrons. The minimum Gasteiger partial charge on any atom is -0.476 e. The molecule has 0 N–H and O–H groups in total. The number of ether oxygens (including phenoxy) is 2. The van der Waals surface area contributed by atoms with Gasteiger partial charge in [-0.05, 0) is 69.5 Å². The van der Waals surface area contributed by atoms with E-state index < -0.39 is 11.6 Å². The third-order valence-electron chi connectivity index (χ3n) is 4.93. The molecular formula is C25H29NO4. The van der Waals surface area contributed by atoms with Crippen LogP contribution in [0.25, 0.3) is 5.57 Å². The summed E-state index contributed by atoms with van der Waals surface area (Å²) < 4.78 is 11.2. The number of hydrogen-bond donors (Lipinski definition) is 0. The monoisotopic (exact) mass is 407 g/mol. The Morgan fingerprint density at radius 1 is 1.03 bits per heavy atom. The zero-order valence-corrected chi connectivity index (χ0v) is 18.1. The first-order chi connectivity index (χ1) is 14.3. The van der Waals surface area contributed by atoms with Gasteiger partial charge in [-0.15, -0.1) is 0 Å². The summed E-state index contributed by atoms with van der Waals surface area (Å²) in [6.45, 7) is 8.28. The predicted molar refractivity (Wildman–Crippen MR) is 117 cm³/mol. The van der Waals surface area contributed by atoms with Crippen molar-refractivity contribution in [2.75, 3.05) is 13.1 Å². The van der Waals surface area contributed by atoms with Crippen molar-refractivity contribution in [2.45, 2.75) is 45.8 Å². The third-order valence-corrected chi connectivity index (χ3v) is 4.93. The number of rotatable bonds is 6. The Morgan fingerprint density at radius 2 is 1.77 bits per heavy atom. The zero-order valence-electron chi connectivity index (χ0n) is 18.1. The van der Waals surface area contributed by atoms with E-state index in [1.165, 1.54) is 5.57 Å². The number of esters is 1. The lowest BCUT2D eigenvalue weighted by Gasteiger charge is -2.28. The Hall–Kier alpha value is -3.08. The smallest absolute Gasteiger partial charge is 0.350 e. The highest BCUT2D eigenvalue weighted by Gasteiger charge is 2.32. The van der Waals surface area contributed by atoms with Gasteiger partial charge in [0.1, 0.15) is 5.75 Å². The van der Waals surface area contributed by atoms with E-state index in [-0.39, 0.29) is 12.0 Å². The Bertz CT molecular complexity index is 931. The van der Waals surface area contributed by atoms with E-state index in [0.717, 1.165) is 12.0 Å². The molecule has 1 amide bonds. The second kappa shape index (κ2) is 9.16. The summed E-state index contributed by atoms with van der Waals surface area (Å²) in [6.07, 6.45) is 2.66. The highest BCUT2D eigenvalue weighted by Crippen LogP contribution is 2.28. The molecule has 0 aliphatic carbocycles. The van der Waals surface area contributed by atoms with Gasteiger partial charge < -0.3 is 14.4 Å². The lowest BCUT2D eigenvalue weighted by molar-refractivity contribution is -0.163. The third kappa shape index (κ3) is 5.29. The van der Waals surface area contributed by atoms with E-state index in [2.05, 4.69) is 6.08 Å². The second-order valence-corrected chi connectivity index (χ2v) is 8.19. The van der Waals surface area contributed by atoms with Crippen molar-refractivity contribution in [1.29, 1.82) is 0 Å². The van der Waals surface area contributed by atoms with E-state index in [1.54, 1.807) is 13.8 Å². The molecule has 1 aliphatic heterocycles. The maximum atomic E-state index is 12.6. The summed E-state index contributed by atoms with van der Waals surface area (Å²) >= 11 is 0. The minimum atomic E-state index is -1.08. The van der Waals surface area contributed by atoms with Crippen molar-refractivity contribution in [3.05, 3.63) is 71.8 Å².